The Morgan fingerprint density at radius 1 is 1.12 bits per heavy atom. The molecule has 2 aromatic rings. The van der Waals surface area contributed by atoms with Gasteiger partial charge in [-0.25, -0.2) is 0 Å². The molecule has 1 aliphatic rings. The number of anilines is 1. The average Bonchev–Trinajstić information content (AvgIpc) is 3.32. The Bertz CT molecular complexity index is 724. The van der Waals surface area contributed by atoms with Gasteiger partial charge >= 0.3 is 0 Å². The molecule has 0 aliphatic carbocycles. The van der Waals surface area contributed by atoms with E-state index in [4.69, 9.17) is 0 Å². The van der Waals surface area contributed by atoms with Crippen LogP contribution in [0.15, 0.2) is 41.8 Å². The van der Waals surface area contributed by atoms with E-state index in [1.807, 2.05) is 23.6 Å². The van der Waals surface area contributed by atoms with Crippen LogP contribution in [0.1, 0.15) is 40.9 Å². The van der Waals surface area contributed by atoms with Gasteiger partial charge in [0.2, 0.25) is 5.91 Å². The molecular formula is C20H25N3O2S. The van der Waals surface area contributed by atoms with E-state index < -0.39 is 0 Å². The van der Waals surface area contributed by atoms with Crippen LogP contribution in [0.2, 0.25) is 0 Å². The number of hydrogen-bond donors (Lipinski definition) is 2. The van der Waals surface area contributed by atoms with E-state index in [1.165, 1.54) is 29.7 Å². The Labute approximate surface area is 158 Å². The third-order valence-electron chi connectivity index (χ3n) is 4.43. The minimum absolute atomic E-state index is 0.0197. The maximum Gasteiger partial charge on any atom is 0.261 e. The first-order chi connectivity index (χ1) is 12.7. The van der Waals surface area contributed by atoms with Crippen LogP contribution in [-0.4, -0.2) is 36.3 Å². The highest BCUT2D eigenvalue weighted by molar-refractivity contribution is 7.12. The molecule has 6 heteroatoms. The van der Waals surface area contributed by atoms with Crippen LogP contribution in [0.4, 0.5) is 5.69 Å². The predicted octanol–water partition coefficient (Wildman–Crippen LogP) is 3.49. The second-order valence-corrected chi connectivity index (χ2v) is 7.52. The lowest BCUT2D eigenvalue weighted by atomic mass is 10.2. The van der Waals surface area contributed by atoms with Crippen molar-refractivity contribution in [2.75, 3.05) is 25.0 Å². The molecule has 26 heavy (non-hydrogen) atoms. The van der Waals surface area contributed by atoms with Crippen LogP contribution in [0.5, 0.6) is 0 Å². The van der Waals surface area contributed by atoms with Crippen LogP contribution < -0.4 is 10.6 Å². The van der Waals surface area contributed by atoms with Gasteiger partial charge in [0.25, 0.3) is 5.91 Å². The number of likely N-dealkylation sites (tertiary alicyclic amines) is 1. The van der Waals surface area contributed by atoms with Crippen molar-refractivity contribution in [3.05, 3.63) is 52.2 Å². The largest absolute Gasteiger partial charge is 0.351 e. The first-order valence-corrected chi connectivity index (χ1v) is 10.0. The number of hydrogen-bond acceptors (Lipinski definition) is 4. The number of benzene rings is 1. The van der Waals surface area contributed by atoms with Gasteiger partial charge in [0.1, 0.15) is 0 Å². The molecule has 0 radical (unpaired) electrons. The van der Waals surface area contributed by atoms with Crippen molar-refractivity contribution in [1.82, 2.24) is 10.2 Å². The van der Waals surface area contributed by atoms with Crippen LogP contribution >= 0.6 is 11.3 Å². The number of nitrogens with one attached hydrogen (secondary N) is 2. The first kappa shape index (κ1) is 18.6. The number of nitrogens with zero attached hydrogens (tertiary/aromatic N) is 1. The van der Waals surface area contributed by atoms with Gasteiger partial charge < -0.3 is 10.6 Å². The van der Waals surface area contributed by atoms with E-state index in [9.17, 15) is 9.59 Å². The SMILES string of the molecule is O=C(CCCNC(=O)c1cccs1)Nc1cccc(CN2CCCC2)c1. The summed E-state index contributed by atoms with van der Waals surface area (Å²) in [6.45, 7) is 3.76. The zero-order valence-corrected chi connectivity index (χ0v) is 15.7. The quantitative estimate of drug-likeness (QED) is 0.698. The van der Waals surface area contributed by atoms with E-state index in [2.05, 4.69) is 27.7 Å². The van der Waals surface area contributed by atoms with Crippen LogP contribution in [-0.2, 0) is 11.3 Å². The molecule has 0 spiro atoms. The van der Waals surface area contributed by atoms with E-state index in [0.29, 0.717) is 24.3 Å². The van der Waals surface area contributed by atoms with Gasteiger partial charge in [0.05, 0.1) is 4.88 Å². The highest BCUT2D eigenvalue weighted by atomic mass is 32.1. The standard InChI is InChI=1S/C20H25N3O2S/c24-19(9-4-10-21-20(25)18-8-5-13-26-18)22-17-7-3-6-16(14-17)15-23-11-1-2-12-23/h3,5-8,13-14H,1-2,4,9-12,15H2,(H,21,25)(H,22,24). The molecule has 1 saturated heterocycles. The summed E-state index contributed by atoms with van der Waals surface area (Å²) in [4.78, 5) is 27.1. The minimum Gasteiger partial charge on any atom is -0.351 e. The first-order valence-electron chi connectivity index (χ1n) is 9.13. The molecule has 1 aliphatic heterocycles. The summed E-state index contributed by atoms with van der Waals surface area (Å²) in [5.74, 6) is -0.0938. The Hall–Kier alpha value is -2.18. The summed E-state index contributed by atoms with van der Waals surface area (Å²) in [6.07, 6.45) is 3.57. The molecule has 0 unspecified atom stereocenters. The molecule has 138 valence electrons. The fourth-order valence-electron chi connectivity index (χ4n) is 3.12. The summed E-state index contributed by atoms with van der Waals surface area (Å²) >= 11 is 1.41. The van der Waals surface area contributed by atoms with Crippen molar-refractivity contribution in [2.45, 2.75) is 32.2 Å². The number of carbonyl (C=O) groups excluding carboxylic acids is 2. The molecule has 1 fully saturated rings. The fraction of sp³-hybridized carbons (Fsp3) is 0.400. The Kier molecular flexibility index (Phi) is 6.80. The second-order valence-electron chi connectivity index (χ2n) is 6.57. The molecule has 1 aromatic carbocycles. The topological polar surface area (TPSA) is 61.4 Å². The fourth-order valence-corrected chi connectivity index (χ4v) is 3.76. The monoisotopic (exact) mass is 371 g/mol. The maximum absolute atomic E-state index is 12.1. The lowest BCUT2D eigenvalue weighted by Crippen LogP contribution is -2.24. The van der Waals surface area contributed by atoms with Gasteiger partial charge in [0.15, 0.2) is 0 Å². The second kappa shape index (κ2) is 9.50. The third-order valence-corrected chi connectivity index (χ3v) is 5.30. The van der Waals surface area contributed by atoms with E-state index >= 15 is 0 Å². The molecule has 2 amide bonds. The zero-order chi connectivity index (χ0) is 18.2. The summed E-state index contributed by atoms with van der Waals surface area (Å²) in [7, 11) is 0. The van der Waals surface area contributed by atoms with Gasteiger partial charge in [-0.15, -0.1) is 11.3 Å². The number of rotatable bonds is 8. The van der Waals surface area contributed by atoms with Gasteiger partial charge in [0, 0.05) is 25.2 Å². The van der Waals surface area contributed by atoms with Gasteiger partial charge in [-0.05, 0) is 61.5 Å². The highest BCUT2D eigenvalue weighted by Crippen LogP contribution is 2.16. The Morgan fingerprint density at radius 3 is 2.73 bits per heavy atom. The maximum atomic E-state index is 12.1. The van der Waals surface area contributed by atoms with Crippen LogP contribution in [0, 0.1) is 0 Å². The normalized spacial score (nSPS) is 14.3. The van der Waals surface area contributed by atoms with E-state index in [-0.39, 0.29) is 11.8 Å². The predicted molar refractivity (Wildman–Crippen MR) is 105 cm³/mol. The summed E-state index contributed by atoms with van der Waals surface area (Å²) < 4.78 is 0. The molecule has 0 saturated carbocycles. The average molecular weight is 372 g/mol. The molecule has 3 rings (SSSR count). The molecular weight excluding hydrogens is 346 g/mol. The molecule has 2 N–H and O–H groups in total. The minimum atomic E-state index is -0.0741. The summed E-state index contributed by atoms with van der Waals surface area (Å²) in [5, 5.41) is 7.67. The Morgan fingerprint density at radius 2 is 1.96 bits per heavy atom. The number of amides is 2. The molecule has 5 nitrogen and oxygen atoms in total. The summed E-state index contributed by atoms with van der Waals surface area (Å²) in [6, 6.07) is 11.7. The van der Waals surface area contributed by atoms with Crippen molar-refractivity contribution >= 4 is 28.8 Å². The van der Waals surface area contributed by atoms with Crippen molar-refractivity contribution in [2.24, 2.45) is 0 Å². The van der Waals surface area contributed by atoms with Gasteiger partial charge in [-0.1, -0.05) is 18.2 Å². The third kappa shape index (κ3) is 5.68. The van der Waals surface area contributed by atoms with Gasteiger partial charge in [-0.2, -0.15) is 0 Å². The molecule has 2 heterocycles. The number of thiophene rings is 1. The highest BCUT2D eigenvalue weighted by Gasteiger charge is 2.12. The molecule has 1 aromatic heterocycles. The van der Waals surface area contributed by atoms with Crippen molar-refractivity contribution in [3.63, 3.8) is 0 Å². The van der Waals surface area contributed by atoms with E-state index in [0.717, 1.165) is 25.3 Å². The van der Waals surface area contributed by atoms with Crippen LogP contribution in [0.3, 0.4) is 0 Å². The van der Waals surface area contributed by atoms with Crippen molar-refractivity contribution < 1.29 is 9.59 Å². The lowest BCUT2D eigenvalue weighted by molar-refractivity contribution is -0.116. The smallest absolute Gasteiger partial charge is 0.261 e. The Balaban J connectivity index is 1.38. The van der Waals surface area contributed by atoms with E-state index in [1.54, 1.807) is 6.07 Å². The van der Waals surface area contributed by atoms with Crippen LogP contribution in [0.25, 0.3) is 0 Å². The zero-order valence-electron chi connectivity index (χ0n) is 14.9. The number of carbonyl (C=O) groups is 2. The summed E-state index contributed by atoms with van der Waals surface area (Å²) in [5.41, 5.74) is 2.07. The molecule has 0 atom stereocenters. The van der Waals surface area contributed by atoms with Crippen molar-refractivity contribution in [3.8, 4) is 0 Å². The molecule has 0 bridgehead atoms. The lowest BCUT2D eigenvalue weighted by Gasteiger charge is -2.15. The van der Waals surface area contributed by atoms with Crippen molar-refractivity contribution in [1.29, 1.82) is 0 Å². The van der Waals surface area contributed by atoms with Gasteiger partial charge in [-0.3, -0.25) is 14.5 Å².